The lowest BCUT2D eigenvalue weighted by molar-refractivity contribution is -0.384. The summed E-state index contributed by atoms with van der Waals surface area (Å²) < 4.78 is 1.92. The number of imidazole rings is 1. The number of nitro benzene ring substituents is 1. The molecule has 0 spiro atoms. The summed E-state index contributed by atoms with van der Waals surface area (Å²) in [5, 5.41) is 14.5. The van der Waals surface area contributed by atoms with Crippen LogP contribution < -0.4 is 5.32 Å². The molecule has 0 saturated carbocycles. The zero-order valence-corrected chi connectivity index (χ0v) is 13.6. The number of aryl methyl sites for hydroxylation is 1. The lowest BCUT2D eigenvalue weighted by Gasteiger charge is -2.21. The lowest BCUT2D eigenvalue weighted by Crippen LogP contribution is -2.17. The maximum absolute atomic E-state index is 10.9. The van der Waals surface area contributed by atoms with Crippen molar-refractivity contribution in [2.24, 2.45) is 7.05 Å². The van der Waals surface area contributed by atoms with E-state index in [1.165, 1.54) is 12.1 Å². The third-order valence-electron chi connectivity index (χ3n) is 3.71. The predicted octanol–water partition coefficient (Wildman–Crippen LogP) is 4.18. The highest BCUT2D eigenvalue weighted by Crippen LogP contribution is 2.32. The minimum absolute atomic E-state index is 0.0428. The Bertz CT molecular complexity index is 864. The molecular weight excluding hydrogens is 328 g/mol. The van der Waals surface area contributed by atoms with Crippen LogP contribution in [0, 0.1) is 10.1 Å². The zero-order chi connectivity index (χ0) is 17.1. The quantitative estimate of drug-likeness (QED) is 0.557. The van der Waals surface area contributed by atoms with Gasteiger partial charge in [0.15, 0.2) is 0 Å². The normalized spacial score (nSPS) is 11.9. The number of benzene rings is 2. The molecule has 0 aliphatic rings. The summed E-state index contributed by atoms with van der Waals surface area (Å²) in [6.45, 7) is 0. The van der Waals surface area contributed by atoms with Crippen molar-refractivity contribution < 1.29 is 4.92 Å². The Morgan fingerprint density at radius 3 is 2.58 bits per heavy atom. The molecule has 1 N–H and O–H groups in total. The van der Waals surface area contributed by atoms with E-state index in [2.05, 4.69) is 10.3 Å². The number of nitro groups is 1. The van der Waals surface area contributed by atoms with Gasteiger partial charge in [-0.05, 0) is 11.6 Å². The largest absolute Gasteiger partial charge is 0.370 e. The fraction of sp³-hybridized carbons (Fsp3) is 0.118. The summed E-state index contributed by atoms with van der Waals surface area (Å²) in [5.74, 6) is 0.815. The Morgan fingerprint density at radius 2 is 2.00 bits per heavy atom. The van der Waals surface area contributed by atoms with Crippen molar-refractivity contribution in [3.8, 4) is 0 Å². The van der Waals surface area contributed by atoms with Gasteiger partial charge in [0.25, 0.3) is 5.69 Å². The number of aromatic nitrogens is 2. The Kier molecular flexibility index (Phi) is 4.48. The van der Waals surface area contributed by atoms with E-state index < -0.39 is 4.92 Å². The van der Waals surface area contributed by atoms with Crippen molar-refractivity contribution in [2.45, 2.75) is 6.04 Å². The standard InChI is InChI=1S/C17H15ClN4O2/c1-21-10-9-19-17(21)16(12-5-3-2-4-6-12)20-15-8-7-13(22(23)24)11-14(15)18/h2-11,16,20H,1H3/t16-/m1/s1. The van der Waals surface area contributed by atoms with Crippen LogP contribution in [0.4, 0.5) is 11.4 Å². The summed E-state index contributed by atoms with van der Waals surface area (Å²) in [7, 11) is 1.91. The molecule has 24 heavy (non-hydrogen) atoms. The van der Waals surface area contributed by atoms with Gasteiger partial charge in [0, 0.05) is 31.6 Å². The van der Waals surface area contributed by atoms with Gasteiger partial charge in [0.2, 0.25) is 0 Å². The second-order valence-corrected chi connectivity index (χ2v) is 5.71. The molecule has 122 valence electrons. The number of hydrogen-bond donors (Lipinski definition) is 1. The average Bonchev–Trinajstić information content (AvgIpc) is 3.00. The van der Waals surface area contributed by atoms with Gasteiger partial charge in [0.05, 0.1) is 15.6 Å². The van der Waals surface area contributed by atoms with E-state index >= 15 is 0 Å². The van der Waals surface area contributed by atoms with Crippen molar-refractivity contribution >= 4 is 23.0 Å². The van der Waals surface area contributed by atoms with Crippen LogP contribution in [0.1, 0.15) is 17.4 Å². The molecule has 2 aromatic carbocycles. The summed E-state index contributed by atoms with van der Waals surface area (Å²) >= 11 is 6.21. The zero-order valence-electron chi connectivity index (χ0n) is 12.9. The Balaban J connectivity index is 1.99. The van der Waals surface area contributed by atoms with Crippen LogP contribution in [-0.2, 0) is 7.05 Å². The van der Waals surface area contributed by atoms with E-state index in [4.69, 9.17) is 11.6 Å². The number of non-ortho nitro benzene ring substituents is 1. The molecule has 1 heterocycles. The minimum atomic E-state index is -0.469. The Hall–Kier alpha value is -2.86. The number of halogens is 1. The maximum Gasteiger partial charge on any atom is 0.271 e. The van der Waals surface area contributed by atoms with E-state index in [-0.39, 0.29) is 11.7 Å². The molecule has 1 aromatic heterocycles. The highest BCUT2D eigenvalue weighted by Gasteiger charge is 2.20. The molecule has 1 atom stereocenters. The summed E-state index contributed by atoms with van der Waals surface area (Å²) in [5.41, 5.74) is 1.58. The van der Waals surface area contributed by atoms with Gasteiger partial charge >= 0.3 is 0 Å². The van der Waals surface area contributed by atoms with Crippen LogP contribution in [0.15, 0.2) is 60.9 Å². The topological polar surface area (TPSA) is 73.0 Å². The number of nitrogens with one attached hydrogen (secondary N) is 1. The van der Waals surface area contributed by atoms with Crippen molar-refractivity contribution in [2.75, 3.05) is 5.32 Å². The average molecular weight is 343 g/mol. The third-order valence-corrected chi connectivity index (χ3v) is 4.03. The monoisotopic (exact) mass is 342 g/mol. The highest BCUT2D eigenvalue weighted by molar-refractivity contribution is 6.33. The van der Waals surface area contributed by atoms with Crippen molar-refractivity contribution in [1.29, 1.82) is 0 Å². The van der Waals surface area contributed by atoms with Crippen LogP contribution in [0.3, 0.4) is 0 Å². The molecule has 7 heteroatoms. The molecule has 0 radical (unpaired) electrons. The molecule has 0 aliphatic carbocycles. The molecule has 0 fully saturated rings. The predicted molar refractivity (Wildman–Crippen MR) is 93.2 cm³/mol. The first-order valence-corrected chi connectivity index (χ1v) is 7.66. The molecule has 0 bridgehead atoms. The minimum Gasteiger partial charge on any atom is -0.370 e. The van der Waals surface area contributed by atoms with Gasteiger partial charge in [-0.3, -0.25) is 10.1 Å². The smallest absolute Gasteiger partial charge is 0.271 e. The molecule has 6 nitrogen and oxygen atoms in total. The van der Waals surface area contributed by atoms with Crippen molar-refractivity contribution in [1.82, 2.24) is 9.55 Å². The molecule has 0 amide bonds. The van der Waals surface area contributed by atoms with E-state index in [1.807, 2.05) is 48.1 Å². The number of anilines is 1. The third kappa shape index (κ3) is 3.23. The molecule has 3 rings (SSSR count). The SMILES string of the molecule is Cn1ccnc1[C@H](Nc1ccc([N+](=O)[O-])cc1Cl)c1ccccc1. The first kappa shape index (κ1) is 16.0. The first-order chi connectivity index (χ1) is 11.6. The maximum atomic E-state index is 10.9. The Morgan fingerprint density at radius 1 is 1.25 bits per heavy atom. The van der Waals surface area contributed by atoms with Crippen LogP contribution in [0.25, 0.3) is 0 Å². The van der Waals surface area contributed by atoms with Crippen LogP contribution in [-0.4, -0.2) is 14.5 Å². The van der Waals surface area contributed by atoms with E-state index in [0.717, 1.165) is 11.4 Å². The van der Waals surface area contributed by atoms with Gasteiger partial charge < -0.3 is 9.88 Å². The van der Waals surface area contributed by atoms with Gasteiger partial charge in [0.1, 0.15) is 11.9 Å². The lowest BCUT2D eigenvalue weighted by atomic mass is 10.1. The molecule has 3 aromatic rings. The van der Waals surface area contributed by atoms with Gasteiger partial charge in [-0.15, -0.1) is 0 Å². The van der Waals surface area contributed by atoms with Crippen LogP contribution in [0.2, 0.25) is 5.02 Å². The van der Waals surface area contributed by atoms with Gasteiger partial charge in [-0.1, -0.05) is 41.9 Å². The van der Waals surface area contributed by atoms with Gasteiger partial charge in [-0.25, -0.2) is 4.98 Å². The fourth-order valence-corrected chi connectivity index (χ4v) is 2.72. The summed E-state index contributed by atoms with van der Waals surface area (Å²) in [4.78, 5) is 14.8. The fourth-order valence-electron chi connectivity index (χ4n) is 2.49. The highest BCUT2D eigenvalue weighted by atomic mass is 35.5. The van der Waals surface area contributed by atoms with Gasteiger partial charge in [-0.2, -0.15) is 0 Å². The van der Waals surface area contributed by atoms with Crippen molar-refractivity contribution in [3.63, 3.8) is 0 Å². The first-order valence-electron chi connectivity index (χ1n) is 7.29. The van der Waals surface area contributed by atoms with E-state index in [9.17, 15) is 10.1 Å². The second kappa shape index (κ2) is 6.72. The number of rotatable bonds is 5. The number of nitrogens with zero attached hydrogens (tertiary/aromatic N) is 3. The van der Waals surface area contributed by atoms with Crippen LogP contribution >= 0.6 is 11.6 Å². The number of hydrogen-bond acceptors (Lipinski definition) is 4. The van der Waals surface area contributed by atoms with E-state index in [0.29, 0.717) is 10.7 Å². The van der Waals surface area contributed by atoms with Crippen molar-refractivity contribution in [3.05, 3.63) is 87.4 Å². The van der Waals surface area contributed by atoms with E-state index in [1.54, 1.807) is 12.3 Å². The summed E-state index contributed by atoms with van der Waals surface area (Å²) in [6, 6.07) is 14.0. The second-order valence-electron chi connectivity index (χ2n) is 5.31. The molecule has 0 aliphatic heterocycles. The molecular formula is C17H15ClN4O2. The van der Waals surface area contributed by atoms with Crippen LogP contribution in [0.5, 0.6) is 0 Å². The molecule has 0 saturated heterocycles. The summed E-state index contributed by atoms with van der Waals surface area (Å²) in [6.07, 6.45) is 3.59. The molecule has 0 unspecified atom stereocenters. The Labute approximate surface area is 143 Å².